The molecule has 2 heterocycles. The zero-order chi connectivity index (χ0) is 13.4. The topological polar surface area (TPSA) is 46.8 Å². The average Bonchev–Trinajstić information content (AvgIpc) is 3.02. The van der Waals surface area contributed by atoms with Crippen LogP contribution in [0.2, 0.25) is 5.02 Å². The molecule has 3 rings (SSSR count). The van der Waals surface area contributed by atoms with Crippen LogP contribution in [0.25, 0.3) is 17.3 Å². The molecule has 0 atom stereocenters. The summed E-state index contributed by atoms with van der Waals surface area (Å²) < 4.78 is 7.69. The summed E-state index contributed by atoms with van der Waals surface area (Å²) in [5, 5.41) is 7.68. The second-order valence-electron chi connectivity index (χ2n) is 4.05. The van der Waals surface area contributed by atoms with Crippen LogP contribution in [-0.4, -0.2) is 14.8 Å². The Morgan fingerprint density at radius 2 is 2.16 bits per heavy atom. The van der Waals surface area contributed by atoms with Crippen molar-refractivity contribution in [3.63, 3.8) is 0 Å². The SMILES string of the molecule is Cc1c(Cl)cccc1-n1c(-c2ccco2)n[nH]c1=S. The molecule has 0 spiro atoms. The van der Waals surface area contributed by atoms with Crippen LogP contribution in [-0.2, 0) is 0 Å². The Labute approximate surface area is 119 Å². The van der Waals surface area contributed by atoms with Crippen LogP contribution in [0.15, 0.2) is 41.0 Å². The zero-order valence-electron chi connectivity index (χ0n) is 10.1. The molecule has 0 fully saturated rings. The Morgan fingerprint density at radius 1 is 1.32 bits per heavy atom. The molecular formula is C13H10ClN3OS. The molecule has 3 aromatic rings. The normalized spacial score (nSPS) is 10.8. The van der Waals surface area contributed by atoms with E-state index in [2.05, 4.69) is 10.2 Å². The summed E-state index contributed by atoms with van der Waals surface area (Å²) in [7, 11) is 0. The maximum absolute atomic E-state index is 6.16. The van der Waals surface area contributed by atoms with Crippen molar-refractivity contribution in [2.45, 2.75) is 6.92 Å². The van der Waals surface area contributed by atoms with Gasteiger partial charge in [0.2, 0.25) is 5.82 Å². The molecule has 0 radical (unpaired) electrons. The van der Waals surface area contributed by atoms with E-state index in [4.69, 9.17) is 28.2 Å². The molecule has 1 aromatic carbocycles. The summed E-state index contributed by atoms with van der Waals surface area (Å²) in [6.45, 7) is 1.94. The Kier molecular flexibility index (Phi) is 3.00. The zero-order valence-corrected chi connectivity index (χ0v) is 11.6. The number of hydrogen-bond acceptors (Lipinski definition) is 3. The Hall–Kier alpha value is -1.85. The smallest absolute Gasteiger partial charge is 0.202 e. The predicted octanol–water partition coefficient (Wildman–Crippen LogP) is 4.15. The molecule has 96 valence electrons. The van der Waals surface area contributed by atoms with E-state index in [1.165, 1.54) is 0 Å². The first kappa shape index (κ1) is 12.2. The maximum Gasteiger partial charge on any atom is 0.202 e. The van der Waals surface area contributed by atoms with Crippen molar-refractivity contribution in [1.82, 2.24) is 14.8 Å². The van der Waals surface area contributed by atoms with Crippen LogP contribution in [0, 0.1) is 11.7 Å². The van der Waals surface area contributed by atoms with Gasteiger partial charge in [-0.05, 0) is 49.0 Å². The quantitative estimate of drug-likeness (QED) is 0.721. The van der Waals surface area contributed by atoms with Crippen LogP contribution >= 0.6 is 23.8 Å². The number of aromatic nitrogens is 3. The van der Waals surface area contributed by atoms with Crippen molar-refractivity contribution in [3.05, 3.63) is 52.0 Å². The van der Waals surface area contributed by atoms with E-state index in [-0.39, 0.29) is 0 Å². The minimum absolute atomic E-state index is 0.497. The van der Waals surface area contributed by atoms with Gasteiger partial charge in [0.05, 0.1) is 12.0 Å². The fourth-order valence-electron chi connectivity index (χ4n) is 1.93. The molecule has 1 N–H and O–H groups in total. The number of benzene rings is 1. The lowest BCUT2D eigenvalue weighted by Crippen LogP contribution is -2.00. The second kappa shape index (κ2) is 4.68. The first-order valence-corrected chi connectivity index (χ1v) is 6.44. The molecular weight excluding hydrogens is 282 g/mol. The molecule has 0 aliphatic carbocycles. The van der Waals surface area contributed by atoms with Crippen molar-refractivity contribution in [3.8, 4) is 17.3 Å². The number of rotatable bonds is 2. The van der Waals surface area contributed by atoms with E-state index in [0.29, 0.717) is 21.4 Å². The van der Waals surface area contributed by atoms with Gasteiger partial charge < -0.3 is 4.42 Å². The summed E-state index contributed by atoms with van der Waals surface area (Å²) in [6, 6.07) is 9.31. The summed E-state index contributed by atoms with van der Waals surface area (Å²) in [6.07, 6.45) is 1.60. The monoisotopic (exact) mass is 291 g/mol. The van der Waals surface area contributed by atoms with Gasteiger partial charge >= 0.3 is 0 Å². The Bertz CT molecular complexity index is 774. The van der Waals surface area contributed by atoms with Crippen molar-refractivity contribution < 1.29 is 4.42 Å². The third-order valence-corrected chi connectivity index (χ3v) is 3.58. The van der Waals surface area contributed by atoms with Crippen molar-refractivity contribution >= 4 is 23.8 Å². The van der Waals surface area contributed by atoms with E-state index in [1.807, 2.05) is 41.8 Å². The molecule has 0 aliphatic heterocycles. The number of nitrogens with one attached hydrogen (secondary N) is 1. The minimum Gasteiger partial charge on any atom is -0.461 e. The highest BCUT2D eigenvalue weighted by Gasteiger charge is 2.15. The lowest BCUT2D eigenvalue weighted by Gasteiger charge is -2.09. The number of hydrogen-bond donors (Lipinski definition) is 1. The largest absolute Gasteiger partial charge is 0.461 e. The Morgan fingerprint density at radius 3 is 2.89 bits per heavy atom. The van der Waals surface area contributed by atoms with Gasteiger partial charge in [-0.1, -0.05) is 17.7 Å². The third-order valence-electron chi connectivity index (χ3n) is 2.89. The van der Waals surface area contributed by atoms with E-state index in [9.17, 15) is 0 Å². The average molecular weight is 292 g/mol. The molecule has 19 heavy (non-hydrogen) atoms. The molecule has 0 amide bonds. The van der Waals surface area contributed by atoms with Crippen LogP contribution in [0.1, 0.15) is 5.56 Å². The molecule has 0 bridgehead atoms. The highest BCUT2D eigenvalue weighted by Crippen LogP contribution is 2.27. The minimum atomic E-state index is 0.497. The van der Waals surface area contributed by atoms with Crippen LogP contribution in [0.4, 0.5) is 0 Å². The number of nitrogens with zero attached hydrogens (tertiary/aromatic N) is 2. The van der Waals surface area contributed by atoms with Gasteiger partial charge in [0.25, 0.3) is 0 Å². The highest BCUT2D eigenvalue weighted by atomic mass is 35.5. The lowest BCUT2D eigenvalue weighted by atomic mass is 10.2. The van der Waals surface area contributed by atoms with Gasteiger partial charge in [-0.3, -0.25) is 9.67 Å². The van der Waals surface area contributed by atoms with E-state index in [1.54, 1.807) is 6.26 Å². The van der Waals surface area contributed by atoms with E-state index in [0.717, 1.165) is 11.3 Å². The van der Waals surface area contributed by atoms with Crippen molar-refractivity contribution in [2.24, 2.45) is 0 Å². The molecule has 0 saturated carbocycles. The summed E-state index contributed by atoms with van der Waals surface area (Å²) in [5.74, 6) is 1.27. The fourth-order valence-corrected chi connectivity index (χ4v) is 2.33. The highest BCUT2D eigenvalue weighted by molar-refractivity contribution is 7.71. The number of halogens is 1. The van der Waals surface area contributed by atoms with Gasteiger partial charge in [-0.2, -0.15) is 5.10 Å². The van der Waals surface area contributed by atoms with Crippen molar-refractivity contribution in [1.29, 1.82) is 0 Å². The summed E-state index contributed by atoms with van der Waals surface area (Å²) in [5.41, 5.74) is 1.83. The van der Waals surface area contributed by atoms with E-state index >= 15 is 0 Å². The third kappa shape index (κ3) is 2.01. The lowest BCUT2D eigenvalue weighted by molar-refractivity contribution is 0.575. The van der Waals surface area contributed by atoms with Gasteiger partial charge in [0.1, 0.15) is 0 Å². The van der Waals surface area contributed by atoms with Gasteiger partial charge in [-0.25, -0.2) is 0 Å². The summed E-state index contributed by atoms with van der Waals surface area (Å²) in [4.78, 5) is 0. The molecule has 6 heteroatoms. The van der Waals surface area contributed by atoms with E-state index < -0.39 is 0 Å². The van der Waals surface area contributed by atoms with Crippen LogP contribution in [0.3, 0.4) is 0 Å². The van der Waals surface area contributed by atoms with Gasteiger partial charge in [0.15, 0.2) is 10.5 Å². The van der Waals surface area contributed by atoms with Gasteiger partial charge in [-0.15, -0.1) is 0 Å². The van der Waals surface area contributed by atoms with Crippen LogP contribution < -0.4 is 0 Å². The predicted molar refractivity (Wildman–Crippen MR) is 76.2 cm³/mol. The van der Waals surface area contributed by atoms with Crippen LogP contribution in [0.5, 0.6) is 0 Å². The second-order valence-corrected chi connectivity index (χ2v) is 4.84. The standard InChI is InChI=1S/C13H10ClN3OS/c1-8-9(14)4-2-5-10(8)17-12(15-16-13(17)19)11-6-3-7-18-11/h2-7H,1H3,(H,16,19). The molecule has 0 aliphatic rings. The van der Waals surface area contributed by atoms with Crippen molar-refractivity contribution in [2.75, 3.05) is 0 Å². The summed E-state index contributed by atoms with van der Waals surface area (Å²) >= 11 is 11.5. The fraction of sp³-hybridized carbons (Fsp3) is 0.0769. The number of aromatic amines is 1. The Balaban J connectivity index is 2.29. The molecule has 2 aromatic heterocycles. The molecule has 0 unspecified atom stereocenters. The number of furan rings is 1. The first-order valence-electron chi connectivity index (χ1n) is 5.65. The first-order chi connectivity index (χ1) is 9.18. The maximum atomic E-state index is 6.16. The number of H-pyrrole nitrogens is 1. The molecule has 0 saturated heterocycles. The molecule has 4 nitrogen and oxygen atoms in total. The van der Waals surface area contributed by atoms with Gasteiger partial charge in [0, 0.05) is 5.02 Å².